The summed E-state index contributed by atoms with van der Waals surface area (Å²) >= 11 is 4.84. The van der Waals surface area contributed by atoms with Crippen LogP contribution in [0.3, 0.4) is 0 Å². The van der Waals surface area contributed by atoms with Crippen LogP contribution in [0, 0.1) is 5.41 Å². The Morgan fingerprint density at radius 1 is 1.31 bits per heavy atom. The standard InChI is InChI=1S/C9H11N3O3S/c10-7(16)9(1-2-9)8(15)12-3-5(13)11-6(14)4-12/h1-4H2,(H2,10,16)(H,11,13,14). The van der Waals surface area contributed by atoms with Crippen LogP contribution in [0.4, 0.5) is 0 Å². The Morgan fingerprint density at radius 2 is 1.81 bits per heavy atom. The fourth-order valence-corrected chi connectivity index (χ4v) is 2.07. The number of nitrogens with zero attached hydrogens (tertiary/aromatic N) is 1. The first-order valence-corrected chi connectivity index (χ1v) is 5.28. The third kappa shape index (κ3) is 1.67. The highest BCUT2D eigenvalue weighted by molar-refractivity contribution is 7.80. The van der Waals surface area contributed by atoms with Crippen molar-refractivity contribution in [3.8, 4) is 0 Å². The van der Waals surface area contributed by atoms with Gasteiger partial charge in [-0.3, -0.25) is 19.7 Å². The lowest BCUT2D eigenvalue weighted by atomic mass is 10.1. The van der Waals surface area contributed by atoms with Crippen LogP contribution >= 0.6 is 12.2 Å². The van der Waals surface area contributed by atoms with E-state index in [0.717, 1.165) is 0 Å². The first kappa shape index (κ1) is 11.0. The lowest BCUT2D eigenvalue weighted by Gasteiger charge is -2.28. The van der Waals surface area contributed by atoms with Crippen LogP contribution in [0.5, 0.6) is 0 Å². The summed E-state index contributed by atoms with van der Waals surface area (Å²) in [6, 6.07) is 0. The van der Waals surface area contributed by atoms with Gasteiger partial charge in [-0.15, -0.1) is 0 Å². The van der Waals surface area contributed by atoms with E-state index in [-0.39, 0.29) is 24.0 Å². The number of nitrogens with one attached hydrogen (secondary N) is 1. The lowest BCUT2D eigenvalue weighted by Crippen LogP contribution is -2.56. The maximum atomic E-state index is 12.0. The van der Waals surface area contributed by atoms with Gasteiger partial charge in [0.15, 0.2) is 0 Å². The number of thiocarbonyl (C=S) groups is 1. The van der Waals surface area contributed by atoms with E-state index in [2.05, 4.69) is 5.32 Å². The van der Waals surface area contributed by atoms with Crippen LogP contribution in [0.25, 0.3) is 0 Å². The Kier molecular flexibility index (Phi) is 2.42. The molecule has 6 nitrogen and oxygen atoms in total. The molecule has 2 fully saturated rings. The molecule has 1 saturated carbocycles. The zero-order valence-corrected chi connectivity index (χ0v) is 9.30. The van der Waals surface area contributed by atoms with Gasteiger partial charge < -0.3 is 10.6 Å². The van der Waals surface area contributed by atoms with Crippen molar-refractivity contribution in [2.24, 2.45) is 11.1 Å². The van der Waals surface area contributed by atoms with Gasteiger partial charge in [0.1, 0.15) is 13.1 Å². The van der Waals surface area contributed by atoms with Crippen LogP contribution < -0.4 is 11.1 Å². The Morgan fingerprint density at radius 3 is 2.19 bits per heavy atom. The second-order valence-corrected chi connectivity index (χ2v) is 4.52. The summed E-state index contributed by atoms with van der Waals surface area (Å²) in [5.41, 5.74) is 4.71. The minimum atomic E-state index is -0.798. The molecule has 2 rings (SSSR count). The molecule has 7 heteroatoms. The number of rotatable bonds is 2. The molecule has 1 saturated heterocycles. The molecule has 0 aromatic heterocycles. The highest BCUT2D eigenvalue weighted by Gasteiger charge is 2.55. The summed E-state index contributed by atoms with van der Waals surface area (Å²) in [5, 5.41) is 2.13. The van der Waals surface area contributed by atoms with Crippen molar-refractivity contribution in [1.82, 2.24) is 10.2 Å². The summed E-state index contributed by atoms with van der Waals surface area (Å²) in [7, 11) is 0. The number of carbonyl (C=O) groups is 3. The van der Waals surface area contributed by atoms with Crippen LogP contribution in [-0.2, 0) is 14.4 Å². The molecule has 2 aliphatic rings. The quantitative estimate of drug-likeness (QED) is 0.455. The second-order valence-electron chi connectivity index (χ2n) is 4.08. The number of nitrogens with two attached hydrogens (primary N) is 1. The molecule has 16 heavy (non-hydrogen) atoms. The van der Waals surface area contributed by atoms with Gasteiger partial charge in [0, 0.05) is 0 Å². The van der Waals surface area contributed by atoms with Gasteiger partial charge in [-0.25, -0.2) is 0 Å². The zero-order chi connectivity index (χ0) is 11.9. The van der Waals surface area contributed by atoms with Crippen molar-refractivity contribution in [2.45, 2.75) is 12.8 Å². The van der Waals surface area contributed by atoms with Crippen molar-refractivity contribution >= 4 is 34.9 Å². The van der Waals surface area contributed by atoms with Gasteiger partial charge in [-0.2, -0.15) is 0 Å². The summed E-state index contributed by atoms with van der Waals surface area (Å²) < 4.78 is 0. The summed E-state index contributed by atoms with van der Waals surface area (Å²) in [4.78, 5) is 35.6. The Labute approximate surface area is 97.1 Å². The summed E-state index contributed by atoms with van der Waals surface area (Å²) in [5.74, 6) is -1.24. The predicted molar refractivity (Wildman–Crippen MR) is 58.2 cm³/mol. The average Bonchev–Trinajstić information content (AvgIpc) is 2.95. The normalized spacial score (nSPS) is 22.6. The number of imide groups is 1. The molecular weight excluding hydrogens is 230 g/mol. The Hall–Kier alpha value is -1.50. The molecule has 0 bridgehead atoms. The van der Waals surface area contributed by atoms with Crippen molar-refractivity contribution in [3.05, 3.63) is 0 Å². The van der Waals surface area contributed by atoms with Crippen LogP contribution in [-0.4, -0.2) is 40.7 Å². The van der Waals surface area contributed by atoms with Crippen LogP contribution in [0.1, 0.15) is 12.8 Å². The van der Waals surface area contributed by atoms with Gasteiger partial charge in [-0.05, 0) is 12.8 Å². The largest absolute Gasteiger partial charge is 0.392 e. The van der Waals surface area contributed by atoms with E-state index in [1.54, 1.807) is 0 Å². The summed E-state index contributed by atoms with van der Waals surface area (Å²) in [6.45, 7) is -0.204. The third-order valence-corrected chi connectivity index (χ3v) is 3.26. The molecule has 1 aliphatic carbocycles. The second kappa shape index (κ2) is 3.51. The first-order chi connectivity index (χ1) is 7.45. The number of hydrogen-bond acceptors (Lipinski definition) is 4. The summed E-state index contributed by atoms with van der Waals surface area (Å²) in [6.07, 6.45) is 1.21. The molecule has 1 heterocycles. The first-order valence-electron chi connectivity index (χ1n) is 4.88. The van der Waals surface area contributed by atoms with Gasteiger partial charge >= 0.3 is 0 Å². The van der Waals surface area contributed by atoms with Crippen molar-refractivity contribution in [1.29, 1.82) is 0 Å². The van der Waals surface area contributed by atoms with E-state index >= 15 is 0 Å². The maximum Gasteiger partial charge on any atom is 0.246 e. The van der Waals surface area contributed by atoms with Gasteiger partial charge in [0.2, 0.25) is 17.7 Å². The topological polar surface area (TPSA) is 92.5 Å². The van der Waals surface area contributed by atoms with Gasteiger partial charge in [-0.1, -0.05) is 12.2 Å². The molecule has 3 amide bonds. The van der Waals surface area contributed by atoms with Crippen molar-refractivity contribution < 1.29 is 14.4 Å². The fraction of sp³-hybridized carbons (Fsp3) is 0.556. The van der Waals surface area contributed by atoms with E-state index in [1.807, 2.05) is 0 Å². The smallest absolute Gasteiger partial charge is 0.246 e. The predicted octanol–water partition coefficient (Wildman–Crippen LogP) is -1.46. The Bertz CT molecular complexity index is 387. The molecule has 0 atom stereocenters. The maximum absolute atomic E-state index is 12.0. The number of amides is 3. The van der Waals surface area contributed by atoms with Crippen LogP contribution in [0.15, 0.2) is 0 Å². The molecule has 0 radical (unpaired) electrons. The highest BCUT2D eigenvalue weighted by Crippen LogP contribution is 2.47. The number of carbonyl (C=O) groups excluding carboxylic acids is 3. The fourth-order valence-electron chi connectivity index (χ4n) is 1.77. The minimum Gasteiger partial charge on any atom is -0.392 e. The van der Waals surface area contributed by atoms with E-state index in [9.17, 15) is 14.4 Å². The van der Waals surface area contributed by atoms with Crippen molar-refractivity contribution in [2.75, 3.05) is 13.1 Å². The van der Waals surface area contributed by atoms with E-state index in [0.29, 0.717) is 12.8 Å². The molecule has 0 spiro atoms. The molecule has 0 aromatic rings. The highest BCUT2D eigenvalue weighted by atomic mass is 32.1. The minimum absolute atomic E-state index is 0.102. The number of hydrogen-bond donors (Lipinski definition) is 2. The monoisotopic (exact) mass is 241 g/mol. The molecule has 1 aliphatic heterocycles. The Balaban J connectivity index is 2.13. The van der Waals surface area contributed by atoms with E-state index in [4.69, 9.17) is 18.0 Å². The molecule has 86 valence electrons. The SMILES string of the molecule is NC(=S)C1(C(=O)N2CC(=O)NC(=O)C2)CC1. The lowest BCUT2D eigenvalue weighted by molar-refractivity contribution is -0.147. The van der Waals surface area contributed by atoms with Gasteiger partial charge in [0.05, 0.1) is 10.4 Å². The molecular formula is C9H11N3O3S. The molecule has 0 aromatic carbocycles. The number of piperazine rings is 1. The van der Waals surface area contributed by atoms with Crippen molar-refractivity contribution in [3.63, 3.8) is 0 Å². The van der Waals surface area contributed by atoms with Gasteiger partial charge in [0.25, 0.3) is 0 Å². The van der Waals surface area contributed by atoms with E-state index < -0.39 is 17.2 Å². The zero-order valence-electron chi connectivity index (χ0n) is 8.49. The molecule has 0 unspecified atom stereocenters. The van der Waals surface area contributed by atoms with E-state index in [1.165, 1.54) is 4.90 Å². The average molecular weight is 241 g/mol. The van der Waals surface area contributed by atoms with Crippen LogP contribution in [0.2, 0.25) is 0 Å². The molecule has 3 N–H and O–H groups in total. The third-order valence-electron chi connectivity index (χ3n) is 2.87.